The summed E-state index contributed by atoms with van der Waals surface area (Å²) in [5, 5.41) is 11.3. The van der Waals surface area contributed by atoms with Crippen molar-refractivity contribution in [3.05, 3.63) is 41.5 Å². The first-order valence-corrected chi connectivity index (χ1v) is 10.7. The predicted octanol–water partition coefficient (Wildman–Crippen LogP) is 1.90. The number of hydrogen-bond donors (Lipinski definition) is 1. The Bertz CT molecular complexity index is 1020. The molecular weight excluding hydrogens is 400 g/mol. The van der Waals surface area contributed by atoms with Crippen LogP contribution in [0.15, 0.2) is 35.9 Å². The van der Waals surface area contributed by atoms with Gasteiger partial charge in [-0.05, 0) is 49.8 Å². The fraction of sp³-hybridized carbons (Fsp3) is 0.522. The molecule has 4 heterocycles. The maximum atomic E-state index is 14.1. The summed E-state index contributed by atoms with van der Waals surface area (Å²) in [6.07, 6.45) is 2.98. The third-order valence-corrected chi connectivity index (χ3v) is 7.68. The maximum absolute atomic E-state index is 14.1. The molecule has 4 bridgehead atoms. The number of esters is 1. The number of fused-ring (bicyclic) bond motifs is 4. The molecule has 2 amide bonds. The molecule has 2 saturated heterocycles. The molecule has 1 N–H and O–H groups in total. The summed E-state index contributed by atoms with van der Waals surface area (Å²) < 4.78 is 10.3. The summed E-state index contributed by atoms with van der Waals surface area (Å²) in [4.78, 5) is 43.7. The zero-order valence-electron chi connectivity index (χ0n) is 17.7. The van der Waals surface area contributed by atoms with E-state index in [4.69, 9.17) is 9.47 Å². The van der Waals surface area contributed by atoms with Crippen LogP contribution in [-0.4, -0.2) is 66.4 Å². The van der Waals surface area contributed by atoms with Gasteiger partial charge in [0.15, 0.2) is 0 Å². The summed E-state index contributed by atoms with van der Waals surface area (Å²) in [6, 6.07) is 7.30. The van der Waals surface area contributed by atoms with Gasteiger partial charge in [0.2, 0.25) is 5.91 Å². The maximum Gasteiger partial charge on any atom is 0.414 e. The van der Waals surface area contributed by atoms with Gasteiger partial charge in [0.1, 0.15) is 11.0 Å². The lowest BCUT2D eigenvalue weighted by Crippen LogP contribution is -2.67. The third kappa shape index (κ3) is 2.31. The van der Waals surface area contributed by atoms with Crippen LogP contribution in [0.1, 0.15) is 37.7 Å². The number of ether oxygens (including phenoxy) is 2. The van der Waals surface area contributed by atoms with Gasteiger partial charge in [-0.25, -0.2) is 9.59 Å². The topological polar surface area (TPSA) is 96.4 Å². The van der Waals surface area contributed by atoms with Crippen LogP contribution in [0.3, 0.4) is 0 Å². The fourth-order valence-electron chi connectivity index (χ4n) is 6.40. The highest BCUT2D eigenvalue weighted by Crippen LogP contribution is 2.63. The van der Waals surface area contributed by atoms with Gasteiger partial charge in [0, 0.05) is 13.1 Å². The first-order chi connectivity index (χ1) is 14.8. The number of carbonyl (C=O) groups excluding carboxylic acids is 3. The fourth-order valence-corrected chi connectivity index (χ4v) is 6.40. The average molecular weight is 426 g/mol. The minimum Gasteiger partial charge on any atom is -0.466 e. The molecule has 2 spiro atoms. The summed E-state index contributed by atoms with van der Waals surface area (Å²) in [5.74, 6) is -0.737. The smallest absolute Gasteiger partial charge is 0.414 e. The number of aliphatic hydroxyl groups is 1. The first kappa shape index (κ1) is 20.1. The monoisotopic (exact) mass is 426 g/mol. The van der Waals surface area contributed by atoms with E-state index in [2.05, 4.69) is 0 Å². The molecule has 1 aromatic rings. The van der Waals surface area contributed by atoms with Crippen molar-refractivity contribution in [3.8, 4) is 0 Å². The number of hydrogen-bond acceptors (Lipinski definition) is 6. The Morgan fingerprint density at radius 3 is 2.55 bits per heavy atom. The Kier molecular flexibility index (Phi) is 4.25. The predicted molar refractivity (Wildman–Crippen MR) is 110 cm³/mol. The van der Waals surface area contributed by atoms with Crippen molar-refractivity contribution in [2.45, 2.75) is 48.7 Å². The van der Waals surface area contributed by atoms with Gasteiger partial charge in [0.05, 0.1) is 31.1 Å². The van der Waals surface area contributed by atoms with Crippen molar-refractivity contribution < 1.29 is 29.0 Å². The molecule has 5 aliphatic rings. The summed E-state index contributed by atoms with van der Waals surface area (Å²) >= 11 is 0. The second-order valence-electron chi connectivity index (χ2n) is 8.89. The number of benzene rings is 1. The van der Waals surface area contributed by atoms with Crippen molar-refractivity contribution in [1.82, 2.24) is 4.90 Å². The molecule has 8 nitrogen and oxygen atoms in total. The van der Waals surface area contributed by atoms with Crippen molar-refractivity contribution in [2.75, 3.05) is 32.2 Å². The molecule has 3 atom stereocenters. The van der Waals surface area contributed by atoms with Gasteiger partial charge < -0.3 is 19.5 Å². The largest absolute Gasteiger partial charge is 0.466 e. The van der Waals surface area contributed by atoms with E-state index in [1.807, 2.05) is 12.1 Å². The number of anilines is 1. The van der Waals surface area contributed by atoms with Crippen LogP contribution in [0.2, 0.25) is 0 Å². The van der Waals surface area contributed by atoms with Crippen molar-refractivity contribution in [2.24, 2.45) is 0 Å². The van der Waals surface area contributed by atoms with Gasteiger partial charge in [-0.2, -0.15) is 0 Å². The first-order valence-electron chi connectivity index (χ1n) is 10.7. The highest BCUT2D eigenvalue weighted by atomic mass is 16.5. The second-order valence-corrected chi connectivity index (χ2v) is 8.89. The highest BCUT2D eigenvalue weighted by molar-refractivity contribution is 6.09. The van der Waals surface area contributed by atoms with E-state index in [-0.39, 0.29) is 17.9 Å². The molecule has 1 aromatic carbocycles. The van der Waals surface area contributed by atoms with Gasteiger partial charge >= 0.3 is 12.1 Å². The standard InChI is InChI=1S/C23H26N2O6/c1-30-18(26)16-14-21(29)8-5-12-24-13-11-22(19(24)27)15-6-3-4-7-17(15)25(20(28)31-2)23(16,22)10-9-21/h3-4,6-7,14,29H,5,8-13H2,1-2H3/t21-,22+,23+/m0/s1. The quantitative estimate of drug-likeness (QED) is 0.689. The average Bonchev–Trinajstić information content (AvgIpc) is 3.22. The van der Waals surface area contributed by atoms with E-state index < -0.39 is 28.6 Å². The van der Waals surface area contributed by atoms with Gasteiger partial charge in [0.25, 0.3) is 0 Å². The Morgan fingerprint density at radius 2 is 1.81 bits per heavy atom. The van der Waals surface area contributed by atoms with Crippen LogP contribution in [-0.2, 0) is 24.5 Å². The lowest BCUT2D eigenvalue weighted by Gasteiger charge is -2.51. The lowest BCUT2D eigenvalue weighted by molar-refractivity contribution is -0.139. The van der Waals surface area contributed by atoms with Crippen LogP contribution >= 0.6 is 0 Å². The van der Waals surface area contributed by atoms with Crippen LogP contribution in [0.25, 0.3) is 0 Å². The van der Waals surface area contributed by atoms with Crippen LogP contribution < -0.4 is 4.90 Å². The van der Waals surface area contributed by atoms with Gasteiger partial charge in [-0.1, -0.05) is 18.2 Å². The molecule has 164 valence electrons. The Morgan fingerprint density at radius 1 is 1.03 bits per heavy atom. The Balaban J connectivity index is 1.91. The van der Waals surface area contributed by atoms with E-state index in [0.29, 0.717) is 50.0 Å². The zero-order chi connectivity index (χ0) is 22.0. The molecule has 1 aliphatic carbocycles. The number of rotatable bonds is 1. The number of carbonyl (C=O) groups is 3. The van der Waals surface area contributed by atoms with E-state index in [0.717, 1.165) is 0 Å². The number of amides is 2. The van der Waals surface area contributed by atoms with Gasteiger partial charge in [-0.15, -0.1) is 0 Å². The third-order valence-electron chi connectivity index (χ3n) is 7.68. The van der Waals surface area contributed by atoms with E-state index in [9.17, 15) is 19.5 Å². The molecule has 6 rings (SSSR count). The zero-order valence-corrected chi connectivity index (χ0v) is 17.7. The van der Waals surface area contributed by atoms with Crippen molar-refractivity contribution >= 4 is 23.7 Å². The number of methoxy groups -OCH3 is 2. The molecule has 8 heteroatoms. The molecule has 0 radical (unpaired) electrons. The van der Waals surface area contributed by atoms with E-state index in [1.165, 1.54) is 19.1 Å². The van der Waals surface area contributed by atoms with E-state index >= 15 is 0 Å². The molecule has 2 fully saturated rings. The molecule has 0 aromatic heterocycles. The lowest BCUT2D eigenvalue weighted by atomic mass is 9.57. The minimum atomic E-state index is -1.33. The SMILES string of the molecule is COC(=O)C1=C[C@]2(O)CCCN3CC[C@]4(C3=O)c3ccccc3N(C(=O)OC)[C@]14CC2. The summed E-state index contributed by atoms with van der Waals surface area (Å²) in [7, 11) is 2.56. The normalized spacial score (nSPS) is 33.5. The second kappa shape index (κ2) is 6.56. The molecule has 0 saturated carbocycles. The molecule has 31 heavy (non-hydrogen) atoms. The Labute approximate surface area is 180 Å². The van der Waals surface area contributed by atoms with Crippen molar-refractivity contribution in [1.29, 1.82) is 0 Å². The van der Waals surface area contributed by atoms with Crippen LogP contribution in [0.4, 0.5) is 10.5 Å². The van der Waals surface area contributed by atoms with E-state index in [1.54, 1.807) is 23.1 Å². The van der Waals surface area contributed by atoms with Crippen LogP contribution in [0, 0.1) is 0 Å². The molecule has 4 aliphatic heterocycles. The minimum absolute atomic E-state index is 0.0894. The molecule has 0 unspecified atom stereocenters. The van der Waals surface area contributed by atoms with Crippen LogP contribution in [0.5, 0.6) is 0 Å². The van der Waals surface area contributed by atoms with Gasteiger partial charge in [-0.3, -0.25) is 9.69 Å². The summed E-state index contributed by atoms with van der Waals surface area (Å²) in [6.45, 7) is 1.05. The van der Waals surface area contributed by atoms with Crippen molar-refractivity contribution in [3.63, 3.8) is 0 Å². The molecular formula is C23H26N2O6. The number of nitrogens with zero attached hydrogens (tertiary/aromatic N) is 2. The highest BCUT2D eigenvalue weighted by Gasteiger charge is 2.73. The Hall–Kier alpha value is -2.87. The summed E-state index contributed by atoms with van der Waals surface area (Å²) in [5.41, 5.74) is -2.24. The number of para-hydroxylation sites is 1.